The highest BCUT2D eigenvalue weighted by Crippen LogP contribution is 2.33. The molecule has 2 saturated heterocycles. The smallest absolute Gasteiger partial charge is 0.264 e. The molecule has 1 amide bonds. The summed E-state index contributed by atoms with van der Waals surface area (Å²) in [5, 5.41) is 2.83. The summed E-state index contributed by atoms with van der Waals surface area (Å²) in [6.07, 6.45) is 3.25. The van der Waals surface area contributed by atoms with E-state index in [1.165, 1.54) is 63.2 Å². The summed E-state index contributed by atoms with van der Waals surface area (Å²) in [5.41, 5.74) is 0.767. The fourth-order valence-electron chi connectivity index (χ4n) is 5.61. The average molecular weight is 733 g/mol. The SMILES string of the molecule is O=C(Nc1nc2ccc(S(=O)(=O)N3CCCC3)cc2s1)c1ccccc1S(=O)(=O)Nc1nc2ccc(S(=O)(=O)N3CCCC3)cc2s1. The molecule has 0 spiro atoms. The van der Waals surface area contributed by atoms with Gasteiger partial charge in [-0.05, 0) is 74.2 Å². The number of fused-ring (bicyclic) bond motifs is 2. The van der Waals surface area contributed by atoms with Crippen LogP contribution < -0.4 is 10.0 Å². The molecule has 4 heterocycles. The van der Waals surface area contributed by atoms with Crippen LogP contribution in [0.4, 0.5) is 10.3 Å². The van der Waals surface area contributed by atoms with Crippen molar-refractivity contribution in [3.63, 3.8) is 0 Å². The van der Waals surface area contributed by atoms with Crippen LogP contribution in [0.1, 0.15) is 36.0 Å². The number of aromatic nitrogens is 2. The minimum atomic E-state index is -4.31. The highest BCUT2D eigenvalue weighted by atomic mass is 32.2. The molecule has 5 aromatic rings. The first-order chi connectivity index (χ1) is 22.4. The molecule has 0 atom stereocenters. The van der Waals surface area contributed by atoms with Crippen molar-refractivity contribution in [2.75, 3.05) is 36.2 Å². The maximum absolute atomic E-state index is 13.5. The van der Waals surface area contributed by atoms with Crippen LogP contribution in [0.3, 0.4) is 0 Å². The number of hydrogen-bond donors (Lipinski definition) is 2. The summed E-state index contributed by atoms with van der Waals surface area (Å²) in [7, 11) is -11.6. The Hall–Kier alpha value is -3.52. The summed E-state index contributed by atoms with van der Waals surface area (Å²) in [6.45, 7) is 1.88. The summed E-state index contributed by atoms with van der Waals surface area (Å²) < 4.78 is 85.5. The Labute approximate surface area is 279 Å². The highest BCUT2D eigenvalue weighted by Gasteiger charge is 2.30. The van der Waals surface area contributed by atoms with Gasteiger partial charge in [-0.1, -0.05) is 34.8 Å². The molecule has 0 bridgehead atoms. The normalized spacial score (nSPS) is 16.7. The number of nitrogens with zero attached hydrogens (tertiary/aromatic N) is 4. The Morgan fingerprint density at radius 1 is 0.660 bits per heavy atom. The van der Waals surface area contributed by atoms with Gasteiger partial charge in [-0.2, -0.15) is 8.61 Å². The number of rotatable bonds is 9. The molecule has 7 rings (SSSR count). The number of carbonyl (C=O) groups is 1. The lowest BCUT2D eigenvalue weighted by molar-refractivity contribution is 0.102. The van der Waals surface area contributed by atoms with Crippen LogP contribution in [-0.2, 0) is 30.1 Å². The molecule has 0 unspecified atom stereocenters. The molecule has 0 aliphatic carbocycles. The van der Waals surface area contributed by atoms with Gasteiger partial charge in [0.05, 0.1) is 35.8 Å². The van der Waals surface area contributed by atoms with Gasteiger partial charge in [0.1, 0.15) is 4.90 Å². The zero-order chi connectivity index (χ0) is 33.0. The van der Waals surface area contributed by atoms with Crippen LogP contribution in [0.2, 0.25) is 0 Å². The number of hydrogen-bond acceptors (Lipinski definition) is 11. The predicted molar refractivity (Wildman–Crippen MR) is 180 cm³/mol. The molecule has 2 fully saturated rings. The van der Waals surface area contributed by atoms with Crippen molar-refractivity contribution in [1.82, 2.24) is 18.6 Å². The molecular formula is C29H28N6O7S5. The Balaban J connectivity index is 1.11. The van der Waals surface area contributed by atoms with Crippen LogP contribution in [0, 0.1) is 0 Å². The van der Waals surface area contributed by atoms with Crippen LogP contribution >= 0.6 is 22.7 Å². The first-order valence-corrected chi connectivity index (χ1v) is 20.7. The second-order valence-corrected chi connectivity index (χ2v) is 18.7. The minimum Gasteiger partial charge on any atom is -0.298 e. The standard InChI is InChI=1S/C29H28N6O7S5/c36-27(32-28-30-22-11-9-19(17-24(22)43-28)46(39,40)34-13-3-4-14-34)21-7-1-2-8-26(21)45(37,38)33-29-31-23-12-10-20(18-25(23)44-29)47(41,42)35-15-5-6-16-35/h1-2,7-12,17-18H,3-6,13-16H2,(H,31,33)(H,30,32,36). The van der Waals surface area contributed by atoms with Gasteiger partial charge in [-0.3, -0.25) is 14.8 Å². The monoisotopic (exact) mass is 732 g/mol. The Kier molecular flexibility index (Phi) is 8.30. The van der Waals surface area contributed by atoms with Crippen molar-refractivity contribution in [3.8, 4) is 0 Å². The van der Waals surface area contributed by atoms with Gasteiger partial charge in [0.2, 0.25) is 20.0 Å². The maximum Gasteiger partial charge on any atom is 0.264 e. The molecule has 13 nitrogen and oxygen atoms in total. The molecule has 2 N–H and O–H groups in total. The van der Waals surface area contributed by atoms with Crippen LogP contribution in [0.25, 0.3) is 20.4 Å². The number of thiazole rings is 2. The van der Waals surface area contributed by atoms with Gasteiger partial charge < -0.3 is 0 Å². The lowest BCUT2D eigenvalue weighted by Crippen LogP contribution is -2.27. The van der Waals surface area contributed by atoms with Gasteiger partial charge in [-0.25, -0.2) is 35.2 Å². The number of nitrogens with one attached hydrogen (secondary N) is 2. The Morgan fingerprint density at radius 3 is 1.70 bits per heavy atom. The number of carbonyl (C=O) groups excluding carboxylic acids is 1. The minimum absolute atomic E-state index is 0.0109. The molecule has 3 aromatic carbocycles. The van der Waals surface area contributed by atoms with E-state index in [-0.39, 0.29) is 30.5 Å². The third-order valence-electron chi connectivity index (χ3n) is 7.99. The van der Waals surface area contributed by atoms with E-state index in [0.717, 1.165) is 48.4 Å². The molecule has 0 radical (unpaired) electrons. The molecular weight excluding hydrogens is 705 g/mol. The molecule has 0 saturated carbocycles. The predicted octanol–water partition coefficient (Wildman–Crippen LogP) is 4.53. The fourth-order valence-corrected chi connectivity index (χ4v) is 12.1. The van der Waals surface area contributed by atoms with Gasteiger partial charge in [0, 0.05) is 26.2 Å². The topological polar surface area (TPSA) is 176 Å². The van der Waals surface area contributed by atoms with E-state index in [1.807, 2.05) is 0 Å². The molecule has 2 aliphatic heterocycles. The number of amides is 1. The van der Waals surface area contributed by atoms with E-state index in [1.54, 1.807) is 6.07 Å². The zero-order valence-electron chi connectivity index (χ0n) is 24.6. The van der Waals surface area contributed by atoms with Gasteiger partial charge in [0.25, 0.3) is 15.9 Å². The molecule has 47 heavy (non-hydrogen) atoms. The van der Waals surface area contributed by atoms with E-state index in [9.17, 15) is 30.0 Å². The fraction of sp³-hybridized carbons (Fsp3) is 0.276. The first-order valence-electron chi connectivity index (χ1n) is 14.7. The Morgan fingerprint density at radius 2 is 1.15 bits per heavy atom. The first kappa shape index (κ1) is 32.0. The van der Waals surface area contributed by atoms with Crippen molar-refractivity contribution < 1.29 is 30.0 Å². The van der Waals surface area contributed by atoms with Crippen molar-refractivity contribution in [1.29, 1.82) is 0 Å². The number of anilines is 2. The summed E-state index contributed by atoms with van der Waals surface area (Å²) in [6, 6.07) is 14.8. The van der Waals surface area contributed by atoms with Gasteiger partial charge >= 0.3 is 0 Å². The van der Waals surface area contributed by atoms with E-state index in [0.29, 0.717) is 46.6 Å². The van der Waals surface area contributed by atoms with Crippen molar-refractivity contribution in [2.24, 2.45) is 0 Å². The van der Waals surface area contributed by atoms with E-state index >= 15 is 0 Å². The van der Waals surface area contributed by atoms with Crippen LogP contribution in [0.15, 0.2) is 75.4 Å². The highest BCUT2D eigenvalue weighted by molar-refractivity contribution is 7.93. The summed E-state index contributed by atoms with van der Waals surface area (Å²) in [5.74, 6) is -0.726. The summed E-state index contributed by atoms with van der Waals surface area (Å²) in [4.78, 5) is 22.1. The third-order valence-corrected chi connectivity index (χ3v) is 15.2. The molecule has 2 aromatic heterocycles. The van der Waals surface area contributed by atoms with Crippen molar-refractivity contribution >= 4 is 89.3 Å². The third kappa shape index (κ3) is 6.14. The summed E-state index contributed by atoms with van der Waals surface area (Å²) >= 11 is 2.06. The van der Waals surface area contributed by atoms with Crippen LogP contribution in [0.5, 0.6) is 0 Å². The van der Waals surface area contributed by atoms with E-state index < -0.39 is 36.0 Å². The second kappa shape index (κ2) is 12.2. The van der Waals surface area contributed by atoms with Crippen molar-refractivity contribution in [3.05, 3.63) is 66.2 Å². The lowest BCUT2D eigenvalue weighted by atomic mass is 10.2. The molecule has 246 valence electrons. The van der Waals surface area contributed by atoms with Crippen molar-refractivity contribution in [2.45, 2.75) is 40.4 Å². The van der Waals surface area contributed by atoms with E-state index in [4.69, 9.17) is 0 Å². The van der Waals surface area contributed by atoms with Gasteiger partial charge in [-0.15, -0.1) is 0 Å². The number of benzene rings is 3. The van der Waals surface area contributed by atoms with Crippen LogP contribution in [-0.4, -0.2) is 75.9 Å². The largest absolute Gasteiger partial charge is 0.298 e. The quantitative estimate of drug-likeness (QED) is 0.221. The molecule has 18 heteroatoms. The number of sulfonamides is 3. The molecule has 2 aliphatic rings. The zero-order valence-corrected chi connectivity index (χ0v) is 28.7. The van der Waals surface area contributed by atoms with Gasteiger partial charge in [0.15, 0.2) is 10.3 Å². The lowest BCUT2D eigenvalue weighted by Gasteiger charge is -2.15. The average Bonchev–Trinajstić information content (AvgIpc) is 3.87. The maximum atomic E-state index is 13.5. The second-order valence-electron chi connectivity index (χ2n) is 11.1. The van der Waals surface area contributed by atoms with E-state index in [2.05, 4.69) is 20.0 Å². The Bertz CT molecular complexity index is 2360.